The van der Waals surface area contributed by atoms with E-state index in [9.17, 15) is 31.5 Å². The molecule has 5 aromatic rings. The zero-order valence-corrected chi connectivity index (χ0v) is 26.4. The molecule has 0 spiro atoms. The average Bonchev–Trinajstić information content (AvgIpc) is 3.09. The molecule has 8 nitrogen and oxygen atoms in total. The van der Waals surface area contributed by atoms with Crippen LogP contribution in [0.3, 0.4) is 0 Å². The molecule has 0 aliphatic heterocycles. The van der Waals surface area contributed by atoms with Gasteiger partial charge in [0.05, 0.1) is 12.2 Å². The predicted molar refractivity (Wildman–Crippen MR) is 177 cm³/mol. The molecule has 0 radical (unpaired) electrons. The Bertz CT molecular complexity index is 1940. The maximum absolute atomic E-state index is 14.0. The van der Waals surface area contributed by atoms with Crippen molar-refractivity contribution in [3.05, 3.63) is 138 Å². The summed E-state index contributed by atoms with van der Waals surface area (Å²) in [7, 11) is 0. The summed E-state index contributed by atoms with van der Waals surface area (Å²) >= 11 is 0. The first-order chi connectivity index (χ1) is 23.9. The number of fused-ring (bicyclic) bond motifs is 1. The number of carboxylic acid groups (broad SMARTS) is 1. The molecule has 50 heavy (non-hydrogen) atoms. The first kappa shape index (κ1) is 37.0. The summed E-state index contributed by atoms with van der Waals surface area (Å²) in [6.07, 6.45) is -5.38. The number of ether oxygens (including phenoxy) is 1. The molecule has 13 heteroatoms. The lowest BCUT2D eigenvalue weighted by molar-refractivity contribution is -0.192. The number of carboxylic acids is 1. The number of nitrogens with one attached hydrogen (secondary N) is 1. The van der Waals surface area contributed by atoms with Crippen LogP contribution in [-0.4, -0.2) is 29.1 Å². The fraction of sp³-hybridized carbons (Fsp3) is 0.162. The van der Waals surface area contributed by atoms with Gasteiger partial charge < -0.3 is 25.8 Å². The zero-order chi connectivity index (χ0) is 36.3. The van der Waals surface area contributed by atoms with E-state index in [-0.39, 0.29) is 37.4 Å². The Hall–Kier alpha value is -5.82. The van der Waals surface area contributed by atoms with E-state index in [0.29, 0.717) is 23.7 Å². The summed E-state index contributed by atoms with van der Waals surface area (Å²) in [4.78, 5) is 37.0. The molecule has 0 aliphatic carbocycles. The van der Waals surface area contributed by atoms with Gasteiger partial charge in [0.25, 0.3) is 0 Å². The van der Waals surface area contributed by atoms with Crippen molar-refractivity contribution in [3.63, 3.8) is 0 Å². The predicted octanol–water partition coefficient (Wildman–Crippen LogP) is 7.63. The Kier molecular flexibility index (Phi) is 12.6. The number of aliphatic carboxylic acids is 1. The Morgan fingerprint density at radius 3 is 2.12 bits per heavy atom. The minimum Gasteiger partial charge on any atom is -0.475 e. The fourth-order valence-electron chi connectivity index (χ4n) is 4.87. The van der Waals surface area contributed by atoms with Crippen LogP contribution >= 0.6 is 0 Å². The van der Waals surface area contributed by atoms with Crippen molar-refractivity contribution in [2.45, 2.75) is 38.7 Å². The molecule has 0 saturated heterocycles. The van der Waals surface area contributed by atoms with Crippen LogP contribution in [0.2, 0.25) is 0 Å². The van der Waals surface area contributed by atoms with E-state index in [0.717, 1.165) is 34.0 Å². The van der Waals surface area contributed by atoms with Crippen molar-refractivity contribution < 1.29 is 46.2 Å². The van der Waals surface area contributed by atoms with Crippen molar-refractivity contribution in [2.24, 2.45) is 5.73 Å². The second-order valence-electron chi connectivity index (χ2n) is 10.8. The van der Waals surface area contributed by atoms with E-state index in [2.05, 4.69) is 5.32 Å². The number of carbonyl (C=O) groups excluding carboxylic acids is 2. The van der Waals surface area contributed by atoms with Crippen LogP contribution in [0.1, 0.15) is 29.5 Å². The second kappa shape index (κ2) is 17.0. The van der Waals surface area contributed by atoms with Crippen molar-refractivity contribution in [1.29, 1.82) is 0 Å². The molecule has 0 atom stereocenters. The largest absolute Gasteiger partial charge is 0.490 e. The van der Waals surface area contributed by atoms with Gasteiger partial charge in [0.15, 0.2) is 5.75 Å². The van der Waals surface area contributed by atoms with Gasteiger partial charge in [0.2, 0.25) is 11.8 Å². The molecule has 4 N–H and O–H groups in total. The Morgan fingerprint density at radius 2 is 1.42 bits per heavy atom. The van der Waals surface area contributed by atoms with Gasteiger partial charge in [-0.1, -0.05) is 72.8 Å². The van der Waals surface area contributed by atoms with Gasteiger partial charge in [-0.3, -0.25) is 9.59 Å². The number of nitrogens with zero attached hydrogens (tertiary/aromatic N) is 1. The molecule has 0 fully saturated rings. The van der Waals surface area contributed by atoms with E-state index in [1.807, 2.05) is 78.9 Å². The summed E-state index contributed by atoms with van der Waals surface area (Å²) in [5, 5.41) is 11.7. The van der Waals surface area contributed by atoms with Crippen LogP contribution in [0.25, 0.3) is 10.8 Å². The third-order valence-corrected chi connectivity index (χ3v) is 7.36. The summed E-state index contributed by atoms with van der Waals surface area (Å²) in [6.45, 7) is 0.269. The summed E-state index contributed by atoms with van der Waals surface area (Å²) in [6, 6.07) is 32.0. The molecule has 5 rings (SSSR count). The highest BCUT2D eigenvalue weighted by atomic mass is 19.4. The summed E-state index contributed by atoms with van der Waals surface area (Å²) < 4.78 is 66.0. The molecule has 0 aliphatic rings. The Morgan fingerprint density at radius 1 is 0.800 bits per heavy atom. The standard InChI is InChI=1S/C35H31F2N3O3.C2HF3O2/c36-30-14-7-15-31(37)29(30)22-39-34(41)18-19-35(42)40(23-26-11-6-10-25-9-1-2-13-28(25)26)32-16-3-4-17-33(32)43-27-12-5-8-24(20-27)21-38;3-2(4,5)1(6)7/h1-17,20H,18-19,21-23,38H2,(H,39,41);(H,6,7). The molecular formula is C37H32F5N3O5. The molecule has 0 bridgehead atoms. The Labute approximate surface area is 283 Å². The van der Waals surface area contributed by atoms with Crippen molar-refractivity contribution in [2.75, 3.05) is 4.90 Å². The lowest BCUT2D eigenvalue weighted by Crippen LogP contribution is -2.32. The maximum Gasteiger partial charge on any atom is 0.490 e. The third kappa shape index (κ3) is 10.1. The SMILES string of the molecule is NCc1cccc(Oc2ccccc2N(Cc2cccc3ccccc23)C(=O)CCC(=O)NCc2c(F)cccc2F)c1.O=C(O)C(F)(F)F. The van der Waals surface area contributed by atoms with E-state index >= 15 is 0 Å². The van der Waals surface area contributed by atoms with E-state index in [1.165, 1.54) is 6.07 Å². The average molecular weight is 694 g/mol. The van der Waals surface area contributed by atoms with Gasteiger partial charge in [-0.2, -0.15) is 13.2 Å². The van der Waals surface area contributed by atoms with Crippen LogP contribution < -0.4 is 20.7 Å². The van der Waals surface area contributed by atoms with Gasteiger partial charge in [-0.05, 0) is 58.3 Å². The fourth-order valence-corrected chi connectivity index (χ4v) is 4.87. The van der Waals surface area contributed by atoms with E-state index < -0.39 is 29.7 Å². The molecule has 0 aromatic heterocycles. The quantitative estimate of drug-likeness (QED) is 0.122. The van der Waals surface area contributed by atoms with Crippen LogP contribution in [0.15, 0.2) is 109 Å². The van der Waals surface area contributed by atoms with Gasteiger partial charge in [0.1, 0.15) is 17.4 Å². The molecule has 0 heterocycles. The zero-order valence-electron chi connectivity index (χ0n) is 26.4. The number of hydrogen-bond acceptors (Lipinski definition) is 5. The first-order valence-corrected chi connectivity index (χ1v) is 15.2. The van der Waals surface area contributed by atoms with Gasteiger partial charge in [0, 0.05) is 31.5 Å². The number of benzene rings is 5. The topological polar surface area (TPSA) is 122 Å². The molecule has 260 valence electrons. The molecular weight excluding hydrogens is 661 g/mol. The highest BCUT2D eigenvalue weighted by Crippen LogP contribution is 2.35. The lowest BCUT2D eigenvalue weighted by atomic mass is 10.0. The number of halogens is 5. The maximum atomic E-state index is 14.0. The number of anilines is 1. The van der Waals surface area contributed by atoms with Gasteiger partial charge >= 0.3 is 12.1 Å². The van der Waals surface area contributed by atoms with E-state index in [4.69, 9.17) is 20.4 Å². The molecule has 5 aromatic carbocycles. The van der Waals surface area contributed by atoms with E-state index in [1.54, 1.807) is 17.0 Å². The van der Waals surface area contributed by atoms with Crippen molar-refractivity contribution in [1.82, 2.24) is 5.32 Å². The van der Waals surface area contributed by atoms with Gasteiger partial charge in [-0.25, -0.2) is 13.6 Å². The normalized spacial score (nSPS) is 10.9. The summed E-state index contributed by atoms with van der Waals surface area (Å²) in [5.41, 5.74) is 7.94. The smallest absolute Gasteiger partial charge is 0.475 e. The highest BCUT2D eigenvalue weighted by Gasteiger charge is 2.38. The molecule has 2 amide bonds. The third-order valence-electron chi connectivity index (χ3n) is 7.36. The Balaban J connectivity index is 0.000000727. The number of amides is 2. The van der Waals surface area contributed by atoms with Crippen LogP contribution in [0, 0.1) is 11.6 Å². The number of rotatable bonds is 11. The molecule has 0 saturated carbocycles. The summed E-state index contributed by atoms with van der Waals surface area (Å²) in [5.74, 6) is -4.02. The molecule has 0 unspecified atom stereocenters. The van der Waals surface area contributed by atoms with Crippen LogP contribution in [0.4, 0.5) is 27.6 Å². The number of hydrogen-bond donors (Lipinski definition) is 3. The number of nitrogens with two attached hydrogens (primary N) is 1. The first-order valence-electron chi connectivity index (χ1n) is 15.2. The lowest BCUT2D eigenvalue weighted by Gasteiger charge is -2.26. The minimum atomic E-state index is -5.08. The number of alkyl halides is 3. The highest BCUT2D eigenvalue weighted by molar-refractivity contribution is 5.97. The van der Waals surface area contributed by atoms with Crippen molar-refractivity contribution >= 4 is 34.2 Å². The minimum absolute atomic E-state index is 0.132. The number of para-hydroxylation sites is 2. The van der Waals surface area contributed by atoms with Crippen LogP contribution in [-0.2, 0) is 34.0 Å². The second-order valence-corrected chi connectivity index (χ2v) is 10.8. The number of carbonyl (C=O) groups is 3. The van der Waals surface area contributed by atoms with Gasteiger partial charge in [-0.15, -0.1) is 0 Å². The monoisotopic (exact) mass is 693 g/mol. The van der Waals surface area contributed by atoms with Crippen LogP contribution in [0.5, 0.6) is 11.5 Å². The van der Waals surface area contributed by atoms with Crippen molar-refractivity contribution in [3.8, 4) is 11.5 Å².